The Balaban J connectivity index is 1.72. The molecule has 0 aromatic heterocycles. The molecule has 0 radical (unpaired) electrons. The molecule has 0 saturated carbocycles. The first-order valence-electron chi connectivity index (χ1n) is 11.6. The van der Waals surface area contributed by atoms with E-state index < -0.39 is 17.7 Å². The lowest BCUT2D eigenvalue weighted by Gasteiger charge is -2.25. The topological polar surface area (TPSA) is 85.3 Å². The summed E-state index contributed by atoms with van der Waals surface area (Å²) in [6.45, 7) is 2.83. The second-order valence-electron chi connectivity index (χ2n) is 8.56. The number of ketones is 1. The van der Waals surface area contributed by atoms with E-state index in [1.54, 1.807) is 30.3 Å². The lowest BCUT2D eigenvalue weighted by Crippen LogP contribution is -2.32. The van der Waals surface area contributed by atoms with Gasteiger partial charge in [-0.2, -0.15) is 0 Å². The molecule has 1 aliphatic heterocycles. The van der Waals surface area contributed by atoms with Gasteiger partial charge >= 0.3 is 0 Å². The number of ether oxygens (including phenoxy) is 3. The average Bonchev–Trinajstić information content (AvgIpc) is 3.16. The molecule has 36 heavy (non-hydrogen) atoms. The zero-order chi connectivity index (χ0) is 25.7. The number of carbonyl (C=O) groups excluding carboxylic acids is 2. The number of hydrogen-bond acceptors (Lipinski definition) is 6. The molecule has 1 aliphatic rings. The number of amides is 1. The molecule has 0 spiro atoms. The molecule has 7 heteroatoms. The van der Waals surface area contributed by atoms with E-state index in [-0.39, 0.29) is 24.5 Å². The number of aliphatic hydroxyl groups is 1. The van der Waals surface area contributed by atoms with E-state index in [9.17, 15) is 14.7 Å². The summed E-state index contributed by atoms with van der Waals surface area (Å²) in [5, 5.41) is 11.2. The van der Waals surface area contributed by atoms with E-state index >= 15 is 0 Å². The predicted molar refractivity (Wildman–Crippen MR) is 136 cm³/mol. The second-order valence-corrected chi connectivity index (χ2v) is 8.56. The molecular weight excluding hydrogens is 458 g/mol. The van der Waals surface area contributed by atoms with Crippen LogP contribution in [0.4, 0.5) is 0 Å². The molecule has 0 aliphatic carbocycles. The van der Waals surface area contributed by atoms with Gasteiger partial charge in [-0.1, -0.05) is 54.1 Å². The van der Waals surface area contributed by atoms with Crippen molar-refractivity contribution in [3.8, 4) is 11.5 Å². The molecule has 3 aromatic rings. The number of benzene rings is 3. The Morgan fingerprint density at radius 3 is 2.39 bits per heavy atom. The number of methoxy groups -OCH3 is 2. The van der Waals surface area contributed by atoms with Gasteiger partial charge in [-0.3, -0.25) is 9.59 Å². The second kappa shape index (κ2) is 11.1. The first kappa shape index (κ1) is 25.0. The van der Waals surface area contributed by atoms with Crippen LogP contribution in [0.3, 0.4) is 0 Å². The van der Waals surface area contributed by atoms with Gasteiger partial charge in [0.1, 0.15) is 23.9 Å². The van der Waals surface area contributed by atoms with Crippen molar-refractivity contribution in [2.75, 3.05) is 27.4 Å². The SMILES string of the molecule is COCCN1C(=O)C(=O)/C(=C(\O)c2cccc(OC)c2)C1c1cccc(OCc2ccc(C)cc2)c1. The molecule has 7 nitrogen and oxygen atoms in total. The Labute approximate surface area is 210 Å². The number of aryl methyl sites for hydroxylation is 1. The fourth-order valence-corrected chi connectivity index (χ4v) is 4.20. The van der Waals surface area contributed by atoms with Crippen molar-refractivity contribution in [1.82, 2.24) is 4.90 Å². The van der Waals surface area contributed by atoms with Crippen molar-refractivity contribution in [2.45, 2.75) is 19.6 Å². The molecule has 0 bridgehead atoms. The fourth-order valence-electron chi connectivity index (χ4n) is 4.20. The summed E-state index contributed by atoms with van der Waals surface area (Å²) in [6.07, 6.45) is 0. The Hall–Kier alpha value is -4.10. The van der Waals surface area contributed by atoms with Crippen LogP contribution >= 0.6 is 0 Å². The van der Waals surface area contributed by atoms with Crippen LogP contribution in [0.1, 0.15) is 28.3 Å². The van der Waals surface area contributed by atoms with Crippen molar-refractivity contribution in [2.24, 2.45) is 0 Å². The van der Waals surface area contributed by atoms with Crippen molar-refractivity contribution in [3.05, 3.63) is 101 Å². The van der Waals surface area contributed by atoms with E-state index in [0.717, 1.165) is 5.56 Å². The number of hydrogen-bond donors (Lipinski definition) is 1. The minimum absolute atomic E-state index is 0.0139. The zero-order valence-electron chi connectivity index (χ0n) is 20.6. The monoisotopic (exact) mass is 487 g/mol. The molecule has 1 saturated heterocycles. The van der Waals surface area contributed by atoms with Gasteiger partial charge in [0, 0.05) is 19.2 Å². The average molecular weight is 488 g/mol. The highest BCUT2D eigenvalue weighted by Crippen LogP contribution is 2.40. The third-order valence-corrected chi connectivity index (χ3v) is 6.12. The van der Waals surface area contributed by atoms with Crippen LogP contribution < -0.4 is 9.47 Å². The summed E-state index contributed by atoms with van der Waals surface area (Å²) >= 11 is 0. The van der Waals surface area contributed by atoms with Gasteiger partial charge in [0.2, 0.25) is 0 Å². The first-order valence-corrected chi connectivity index (χ1v) is 11.6. The summed E-state index contributed by atoms with van der Waals surface area (Å²) < 4.78 is 16.4. The largest absolute Gasteiger partial charge is 0.507 e. The smallest absolute Gasteiger partial charge is 0.295 e. The van der Waals surface area contributed by atoms with Gasteiger partial charge in [-0.25, -0.2) is 0 Å². The van der Waals surface area contributed by atoms with Gasteiger partial charge in [0.05, 0.1) is 25.3 Å². The maximum atomic E-state index is 13.1. The number of aliphatic hydroxyl groups excluding tert-OH is 1. The van der Waals surface area contributed by atoms with Crippen LogP contribution in [-0.2, 0) is 20.9 Å². The molecule has 1 N–H and O–H groups in total. The van der Waals surface area contributed by atoms with E-state index in [1.807, 2.05) is 49.4 Å². The van der Waals surface area contributed by atoms with Crippen LogP contribution in [0.2, 0.25) is 0 Å². The summed E-state index contributed by atoms with van der Waals surface area (Å²) in [4.78, 5) is 27.6. The van der Waals surface area contributed by atoms with Crippen molar-refractivity contribution >= 4 is 17.4 Å². The number of carbonyl (C=O) groups is 2. The highest BCUT2D eigenvalue weighted by molar-refractivity contribution is 6.46. The van der Waals surface area contributed by atoms with Gasteiger partial charge in [0.25, 0.3) is 11.7 Å². The standard InChI is InChI=1S/C29H29NO6/c1-19-10-12-20(13-11-19)18-36-24-9-4-6-21(16-24)26-25(28(32)29(33)30(26)14-15-34-2)27(31)22-7-5-8-23(17-22)35-3/h4-13,16-17,26,31H,14-15,18H2,1-3H3/b27-25-. The van der Waals surface area contributed by atoms with Crippen molar-refractivity contribution < 1.29 is 28.9 Å². The van der Waals surface area contributed by atoms with Gasteiger partial charge in [-0.05, 0) is 42.3 Å². The minimum atomic E-state index is -0.797. The maximum Gasteiger partial charge on any atom is 0.295 e. The third kappa shape index (κ3) is 5.26. The molecule has 1 amide bonds. The third-order valence-electron chi connectivity index (χ3n) is 6.12. The summed E-state index contributed by atoms with van der Waals surface area (Å²) in [6, 6.07) is 21.2. The normalized spacial score (nSPS) is 16.9. The Bertz CT molecular complexity index is 1280. The highest BCUT2D eigenvalue weighted by atomic mass is 16.5. The minimum Gasteiger partial charge on any atom is -0.507 e. The molecule has 1 heterocycles. The van der Waals surface area contributed by atoms with E-state index in [0.29, 0.717) is 29.2 Å². The van der Waals surface area contributed by atoms with Crippen LogP contribution in [0.5, 0.6) is 11.5 Å². The molecule has 186 valence electrons. The number of Topliss-reactive ketones (excluding diaryl/α,β-unsaturated/α-hetero) is 1. The summed E-state index contributed by atoms with van der Waals surface area (Å²) in [5.41, 5.74) is 3.24. The van der Waals surface area contributed by atoms with Crippen LogP contribution in [-0.4, -0.2) is 49.1 Å². The fraction of sp³-hybridized carbons (Fsp3) is 0.241. The molecule has 4 rings (SSSR count). The zero-order valence-corrected chi connectivity index (χ0v) is 20.6. The molecule has 1 unspecified atom stereocenters. The highest BCUT2D eigenvalue weighted by Gasteiger charge is 2.46. The van der Waals surface area contributed by atoms with Crippen molar-refractivity contribution in [3.63, 3.8) is 0 Å². The van der Waals surface area contributed by atoms with Gasteiger partial charge in [-0.15, -0.1) is 0 Å². The molecule has 1 fully saturated rings. The van der Waals surface area contributed by atoms with Gasteiger partial charge < -0.3 is 24.2 Å². The lowest BCUT2D eigenvalue weighted by atomic mass is 9.95. The van der Waals surface area contributed by atoms with Crippen molar-refractivity contribution in [1.29, 1.82) is 0 Å². The Morgan fingerprint density at radius 2 is 1.67 bits per heavy atom. The van der Waals surface area contributed by atoms with Crippen LogP contribution in [0, 0.1) is 6.92 Å². The van der Waals surface area contributed by atoms with Crippen LogP contribution in [0.25, 0.3) is 5.76 Å². The van der Waals surface area contributed by atoms with E-state index in [4.69, 9.17) is 14.2 Å². The number of nitrogens with zero attached hydrogens (tertiary/aromatic N) is 1. The summed E-state index contributed by atoms with van der Waals surface area (Å²) in [5.74, 6) is -0.583. The number of rotatable bonds is 9. The quantitative estimate of drug-likeness (QED) is 0.269. The van der Waals surface area contributed by atoms with E-state index in [1.165, 1.54) is 24.7 Å². The Morgan fingerprint density at radius 1 is 0.944 bits per heavy atom. The molecule has 3 aromatic carbocycles. The molecular formula is C29H29NO6. The number of likely N-dealkylation sites (tertiary alicyclic amines) is 1. The Kier molecular flexibility index (Phi) is 7.71. The van der Waals surface area contributed by atoms with Crippen LogP contribution in [0.15, 0.2) is 78.4 Å². The lowest BCUT2D eigenvalue weighted by molar-refractivity contribution is -0.140. The van der Waals surface area contributed by atoms with E-state index in [2.05, 4.69) is 0 Å². The molecule has 1 atom stereocenters. The summed E-state index contributed by atoms with van der Waals surface area (Å²) in [7, 11) is 3.05. The van der Waals surface area contributed by atoms with Gasteiger partial charge in [0.15, 0.2) is 0 Å². The predicted octanol–water partition coefficient (Wildman–Crippen LogP) is 4.65. The first-order chi connectivity index (χ1) is 17.4. The maximum absolute atomic E-state index is 13.1.